The molecule has 2 amide bonds. The Morgan fingerprint density at radius 1 is 0.871 bits per heavy atom. The van der Waals surface area contributed by atoms with Crippen molar-refractivity contribution in [1.82, 2.24) is 0 Å². The third-order valence-electron chi connectivity index (χ3n) is 4.00. The molecule has 0 bridgehead atoms. The molecule has 2 N–H and O–H groups in total. The lowest BCUT2D eigenvalue weighted by molar-refractivity contribution is -0.121. The van der Waals surface area contributed by atoms with Crippen LogP contribution in [0, 0.1) is 12.7 Å². The lowest BCUT2D eigenvalue weighted by atomic mass is 10.1. The second-order valence-electron chi connectivity index (χ2n) is 6.28. The van der Waals surface area contributed by atoms with Crippen LogP contribution in [-0.2, 0) is 19.1 Å². The number of furan rings is 1. The average molecular weight is 434 g/mol. The highest BCUT2D eigenvalue weighted by molar-refractivity contribution is 6.09. The number of aryl methyl sites for hydroxylation is 1. The molecule has 1 heterocycles. The van der Waals surface area contributed by atoms with Gasteiger partial charge in [0.25, 0.3) is 0 Å². The smallest absolute Gasteiger partial charge is 0.344 e. The van der Waals surface area contributed by atoms with Gasteiger partial charge in [-0.05, 0) is 45.0 Å². The minimum absolute atomic E-state index is 0.0439. The van der Waals surface area contributed by atoms with Crippen LogP contribution in [0.3, 0.4) is 0 Å². The van der Waals surface area contributed by atoms with Crippen molar-refractivity contribution in [3.05, 3.63) is 47.0 Å². The molecule has 2 rings (SSSR count). The van der Waals surface area contributed by atoms with Crippen molar-refractivity contribution in [2.24, 2.45) is 0 Å². The minimum atomic E-state index is -0.855. The number of benzene rings is 1. The normalized spacial score (nSPS) is 10.3. The molecule has 0 saturated heterocycles. The van der Waals surface area contributed by atoms with Gasteiger partial charge in [0.05, 0.1) is 13.2 Å². The number of amides is 2. The molecular formula is C21H23FN2O7. The summed E-state index contributed by atoms with van der Waals surface area (Å²) in [6, 6.07) is 5.17. The number of hydrogen-bond donors (Lipinski definition) is 2. The van der Waals surface area contributed by atoms with Gasteiger partial charge in [0.2, 0.25) is 17.7 Å². The summed E-state index contributed by atoms with van der Waals surface area (Å²) in [6.07, 6.45) is -0.411. The van der Waals surface area contributed by atoms with Gasteiger partial charge in [-0.1, -0.05) is 0 Å². The lowest BCUT2D eigenvalue weighted by Gasteiger charge is -2.07. The summed E-state index contributed by atoms with van der Waals surface area (Å²) in [5.74, 6) is -3.35. The predicted octanol–water partition coefficient (Wildman–Crippen LogP) is 3.44. The van der Waals surface area contributed by atoms with Gasteiger partial charge in [0.1, 0.15) is 22.7 Å². The highest BCUT2D eigenvalue weighted by atomic mass is 19.1. The van der Waals surface area contributed by atoms with Gasteiger partial charge in [0, 0.05) is 18.5 Å². The van der Waals surface area contributed by atoms with E-state index in [1.165, 1.54) is 31.2 Å². The molecule has 0 aliphatic rings. The van der Waals surface area contributed by atoms with Crippen molar-refractivity contribution in [2.75, 3.05) is 23.8 Å². The zero-order chi connectivity index (χ0) is 23.0. The van der Waals surface area contributed by atoms with E-state index in [0.29, 0.717) is 5.69 Å². The largest absolute Gasteiger partial charge is 0.462 e. The molecule has 0 unspecified atom stereocenters. The summed E-state index contributed by atoms with van der Waals surface area (Å²) in [6.45, 7) is 4.77. The summed E-state index contributed by atoms with van der Waals surface area (Å²) in [5.41, 5.74) is 0.00344. The second kappa shape index (κ2) is 10.9. The maximum atomic E-state index is 12.9. The van der Waals surface area contributed by atoms with Crippen LogP contribution in [0.1, 0.15) is 53.2 Å². The Labute approximate surface area is 177 Å². The van der Waals surface area contributed by atoms with Crippen molar-refractivity contribution in [3.8, 4) is 0 Å². The standard InChI is InChI=1S/C21H23FN2O7/c1-4-29-20(27)17-12(3)31-19(18(17)21(28)30-5-2)24-16(26)11-10-15(25)23-14-8-6-13(22)7-9-14/h6-9H,4-5,10-11H2,1-3H3,(H,23,25)(H,24,26). The van der Waals surface area contributed by atoms with Crippen LogP contribution in [0.15, 0.2) is 28.7 Å². The van der Waals surface area contributed by atoms with Gasteiger partial charge in [0.15, 0.2) is 0 Å². The number of ether oxygens (including phenoxy) is 2. The van der Waals surface area contributed by atoms with Gasteiger partial charge in [-0.25, -0.2) is 14.0 Å². The third-order valence-corrected chi connectivity index (χ3v) is 4.00. The van der Waals surface area contributed by atoms with Crippen molar-refractivity contribution in [3.63, 3.8) is 0 Å². The molecule has 0 radical (unpaired) electrons. The van der Waals surface area contributed by atoms with Crippen LogP contribution in [-0.4, -0.2) is 37.0 Å². The third kappa shape index (κ3) is 6.39. The fourth-order valence-electron chi connectivity index (χ4n) is 2.65. The molecule has 9 nitrogen and oxygen atoms in total. The number of carbonyl (C=O) groups is 4. The Kier molecular flexibility index (Phi) is 8.30. The summed E-state index contributed by atoms with van der Waals surface area (Å²) in [7, 11) is 0. The van der Waals surface area contributed by atoms with Crippen LogP contribution >= 0.6 is 0 Å². The molecule has 2 aromatic rings. The molecular weight excluding hydrogens is 411 g/mol. The fraction of sp³-hybridized carbons (Fsp3) is 0.333. The molecule has 10 heteroatoms. The van der Waals surface area contributed by atoms with Gasteiger partial charge in [-0.2, -0.15) is 0 Å². The summed E-state index contributed by atoms with van der Waals surface area (Å²) in [4.78, 5) is 48.9. The van der Waals surface area contributed by atoms with Crippen molar-refractivity contribution in [2.45, 2.75) is 33.6 Å². The first-order valence-corrected chi connectivity index (χ1v) is 9.59. The van der Waals surface area contributed by atoms with Gasteiger partial charge >= 0.3 is 11.9 Å². The molecule has 0 spiro atoms. The van der Waals surface area contributed by atoms with Crippen molar-refractivity contribution < 1.29 is 37.5 Å². The fourth-order valence-corrected chi connectivity index (χ4v) is 2.65. The highest BCUT2D eigenvalue weighted by Crippen LogP contribution is 2.29. The monoisotopic (exact) mass is 434 g/mol. The Morgan fingerprint density at radius 2 is 1.39 bits per heavy atom. The maximum absolute atomic E-state index is 12.9. The molecule has 1 aromatic carbocycles. The summed E-state index contributed by atoms with van der Waals surface area (Å²) >= 11 is 0. The van der Waals surface area contributed by atoms with E-state index >= 15 is 0 Å². The molecule has 0 fully saturated rings. The summed E-state index contributed by atoms with van der Waals surface area (Å²) in [5, 5.41) is 4.92. The van der Waals surface area contributed by atoms with E-state index in [-0.39, 0.29) is 48.8 Å². The van der Waals surface area contributed by atoms with Crippen molar-refractivity contribution in [1.29, 1.82) is 0 Å². The molecule has 1 aromatic heterocycles. The van der Waals surface area contributed by atoms with Gasteiger partial charge in [-0.3, -0.25) is 14.9 Å². The number of halogens is 1. The Bertz CT molecular complexity index is 967. The molecule has 166 valence electrons. The Balaban J connectivity index is 2.08. The van der Waals surface area contributed by atoms with Gasteiger partial charge < -0.3 is 19.2 Å². The number of esters is 2. The average Bonchev–Trinajstić information content (AvgIpc) is 3.04. The SMILES string of the molecule is CCOC(=O)c1c(C)oc(NC(=O)CCC(=O)Nc2ccc(F)cc2)c1C(=O)OCC. The first kappa shape index (κ1) is 23.6. The van der Waals surface area contributed by atoms with E-state index in [4.69, 9.17) is 13.9 Å². The van der Waals surface area contributed by atoms with Crippen molar-refractivity contribution >= 4 is 35.3 Å². The lowest BCUT2D eigenvalue weighted by Crippen LogP contribution is -2.19. The number of nitrogens with one attached hydrogen (secondary N) is 2. The number of carbonyl (C=O) groups excluding carboxylic acids is 4. The van der Waals surface area contributed by atoms with E-state index in [2.05, 4.69) is 10.6 Å². The predicted molar refractivity (Wildman–Crippen MR) is 108 cm³/mol. The Hall–Kier alpha value is -3.69. The van der Waals surface area contributed by atoms with Crippen LogP contribution in [0.4, 0.5) is 16.0 Å². The molecule has 0 aliphatic carbocycles. The number of hydrogen-bond acceptors (Lipinski definition) is 7. The highest BCUT2D eigenvalue weighted by Gasteiger charge is 2.31. The number of anilines is 2. The van der Waals surface area contributed by atoms with E-state index in [1.807, 2.05) is 0 Å². The molecule has 0 saturated carbocycles. The zero-order valence-corrected chi connectivity index (χ0v) is 17.4. The van der Waals surface area contributed by atoms with E-state index < -0.39 is 29.6 Å². The quantitative estimate of drug-likeness (QED) is 0.579. The zero-order valence-electron chi connectivity index (χ0n) is 17.4. The topological polar surface area (TPSA) is 124 Å². The van der Waals surface area contributed by atoms with E-state index in [0.717, 1.165) is 0 Å². The van der Waals surface area contributed by atoms with Crippen LogP contribution in [0.2, 0.25) is 0 Å². The molecule has 0 aliphatic heterocycles. The van der Waals surface area contributed by atoms with Gasteiger partial charge in [-0.15, -0.1) is 0 Å². The Morgan fingerprint density at radius 3 is 1.94 bits per heavy atom. The molecule has 31 heavy (non-hydrogen) atoms. The van der Waals surface area contributed by atoms with Crippen LogP contribution in [0.25, 0.3) is 0 Å². The minimum Gasteiger partial charge on any atom is -0.462 e. The number of rotatable bonds is 9. The maximum Gasteiger partial charge on any atom is 0.344 e. The van der Waals surface area contributed by atoms with E-state index in [9.17, 15) is 23.6 Å². The van der Waals surface area contributed by atoms with Crippen LogP contribution in [0.5, 0.6) is 0 Å². The molecule has 0 atom stereocenters. The first-order valence-electron chi connectivity index (χ1n) is 9.59. The summed E-state index contributed by atoms with van der Waals surface area (Å²) < 4.78 is 28.2. The van der Waals surface area contributed by atoms with Crippen LogP contribution < -0.4 is 10.6 Å². The second-order valence-corrected chi connectivity index (χ2v) is 6.28. The van der Waals surface area contributed by atoms with E-state index in [1.54, 1.807) is 13.8 Å². The first-order chi connectivity index (χ1) is 14.8.